The van der Waals surface area contributed by atoms with E-state index in [2.05, 4.69) is 51.6 Å². The zero-order valence-electron chi connectivity index (χ0n) is 17.3. The number of fused-ring (bicyclic) bond motifs is 5. The summed E-state index contributed by atoms with van der Waals surface area (Å²) in [6, 6.07) is 10.3. The molecule has 4 bridgehead atoms. The Balaban J connectivity index is 1.68. The van der Waals surface area contributed by atoms with Gasteiger partial charge in [-0.05, 0) is 52.7 Å². The number of nitrogens with one attached hydrogen (secondary N) is 3. The van der Waals surface area contributed by atoms with Crippen molar-refractivity contribution in [1.29, 1.82) is 0 Å². The van der Waals surface area contributed by atoms with Crippen molar-refractivity contribution in [3.8, 4) is 0 Å². The second-order valence-electron chi connectivity index (χ2n) is 7.31. The third-order valence-corrected chi connectivity index (χ3v) is 8.55. The van der Waals surface area contributed by atoms with E-state index in [0.717, 1.165) is 10.2 Å². The lowest BCUT2D eigenvalue weighted by Crippen LogP contribution is -2.26. The van der Waals surface area contributed by atoms with Gasteiger partial charge in [-0.2, -0.15) is 13.4 Å². The van der Waals surface area contributed by atoms with E-state index in [4.69, 9.17) is 0 Å². The molecule has 0 fully saturated rings. The zero-order valence-corrected chi connectivity index (χ0v) is 20.5. The first kappa shape index (κ1) is 22.6. The highest BCUT2D eigenvalue weighted by Crippen LogP contribution is 2.28. The lowest BCUT2D eigenvalue weighted by atomic mass is 10.3. The Bertz CT molecular complexity index is 1620. The molecule has 15 heteroatoms. The average molecular weight is 565 g/mol. The van der Waals surface area contributed by atoms with Crippen LogP contribution < -0.4 is 15.4 Å². The standard InChI is InChI=1S/C19H17BrN8O4S2/c20-15-11-22-19-24-12-8-13(33(29,30)23-7-3-6-21-18(15)25-19)10-14(9-12)34(31,32)28-17-5-2-1-4-16(17)26-27-28/h1-2,4-5,8-11,23H,3,6-7H2,(H2,21,22,24,25). The van der Waals surface area contributed by atoms with Gasteiger partial charge in [0.25, 0.3) is 10.0 Å². The highest BCUT2D eigenvalue weighted by Gasteiger charge is 2.26. The third kappa shape index (κ3) is 4.22. The van der Waals surface area contributed by atoms with E-state index < -0.39 is 20.0 Å². The summed E-state index contributed by atoms with van der Waals surface area (Å²) >= 11 is 3.37. The molecule has 0 radical (unpaired) electrons. The van der Waals surface area contributed by atoms with Gasteiger partial charge >= 0.3 is 0 Å². The van der Waals surface area contributed by atoms with Gasteiger partial charge in [0, 0.05) is 25.0 Å². The van der Waals surface area contributed by atoms with Gasteiger partial charge in [0.15, 0.2) is 0 Å². The van der Waals surface area contributed by atoms with E-state index in [1.165, 1.54) is 18.3 Å². The summed E-state index contributed by atoms with van der Waals surface area (Å²) in [5, 5.41) is 13.7. The van der Waals surface area contributed by atoms with Gasteiger partial charge in [0.2, 0.25) is 16.0 Å². The second-order valence-corrected chi connectivity index (χ2v) is 11.7. The first-order chi connectivity index (χ1) is 16.2. The fourth-order valence-electron chi connectivity index (χ4n) is 3.34. The quantitative estimate of drug-likeness (QED) is 0.328. The van der Waals surface area contributed by atoms with Gasteiger partial charge in [0.1, 0.15) is 16.9 Å². The van der Waals surface area contributed by atoms with Gasteiger partial charge in [-0.3, -0.25) is 0 Å². The Morgan fingerprint density at radius 2 is 1.91 bits per heavy atom. The van der Waals surface area contributed by atoms with Crippen molar-refractivity contribution < 1.29 is 16.8 Å². The Morgan fingerprint density at radius 3 is 2.76 bits per heavy atom. The molecule has 12 nitrogen and oxygen atoms in total. The number of benzene rings is 2. The zero-order chi connectivity index (χ0) is 23.9. The Morgan fingerprint density at radius 1 is 1.09 bits per heavy atom. The van der Waals surface area contributed by atoms with Gasteiger partial charge in [-0.1, -0.05) is 17.3 Å². The fraction of sp³-hybridized carbons (Fsp3) is 0.158. The molecule has 0 saturated heterocycles. The van der Waals surface area contributed by atoms with E-state index in [0.29, 0.717) is 28.8 Å². The SMILES string of the molecule is O=S1(=O)NCCCNc2nc(ncc2Br)Nc2cc1cc(S(=O)(=O)n1nnc3ccccc31)c2. The van der Waals surface area contributed by atoms with Crippen molar-refractivity contribution in [3.05, 3.63) is 53.1 Å². The molecular weight excluding hydrogens is 548 g/mol. The van der Waals surface area contributed by atoms with Crippen LogP contribution >= 0.6 is 15.9 Å². The van der Waals surface area contributed by atoms with Gasteiger partial charge in [-0.25, -0.2) is 18.1 Å². The summed E-state index contributed by atoms with van der Waals surface area (Å²) in [6.07, 6.45) is 2.00. The minimum atomic E-state index is -4.29. The molecule has 3 heterocycles. The minimum absolute atomic E-state index is 0.137. The molecule has 4 aromatic rings. The van der Waals surface area contributed by atoms with Crippen LogP contribution in [0.5, 0.6) is 0 Å². The maximum Gasteiger partial charge on any atom is 0.285 e. The topological polar surface area (TPSA) is 161 Å². The summed E-state index contributed by atoms with van der Waals surface area (Å²) in [5.41, 5.74) is 0.816. The number of aromatic nitrogens is 5. The van der Waals surface area contributed by atoms with Crippen LogP contribution in [0.1, 0.15) is 6.42 Å². The molecule has 1 aliphatic rings. The van der Waals surface area contributed by atoms with Crippen LogP contribution in [0, 0.1) is 0 Å². The molecule has 0 aliphatic carbocycles. The highest BCUT2D eigenvalue weighted by atomic mass is 79.9. The molecule has 34 heavy (non-hydrogen) atoms. The average Bonchev–Trinajstić information content (AvgIpc) is 3.25. The monoisotopic (exact) mass is 564 g/mol. The van der Waals surface area contributed by atoms with Crippen LogP contribution in [0.25, 0.3) is 11.0 Å². The van der Waals surface area contributed by atoms with Gasteiger partial charge in [-0.15, -0.1) is 9.19 Å². The van der Waals surface area contributed by atoms with Crippen molar-refractivity contribution in [2.75, 3.05) is 23.7 Å². The Kier molecular flexibility index (Phi) is 5.71. The van der Waals surface area contributed by atoms with E-state index in [1.54, 1.807) is 24.3 Å². The molecule has 1 aliphatic heterocycles. The first-order valence-corrected chi connectivity index (χ1v) is 13.7. The van der Waals surface area contributed by atoms with E-state index in [1.807, 2.05) is 0 Å². The third-order valence-electron chi connectivity index (χ3n) is 4.98. The molecule has 0 atom stereocenters. The molecule has 0 spiro atoms. The number of hydrogen-bond acceptors (Lipinski definition) is 10. The number of halogens is 1. The number of hydrogen-bond donors (Lipinski definition) is 3. The molecule has 0 saturated carbocycles. The van der Waals surface area contributed by atoms with Crippen molar-refractivity contribution in [2.24, 2.45) is 0 Å². The fourth-order valence-corrected chi connectivity index (χ4v) is 6.19. The van der Waals surface area contributed by atoms with Crippen LogP contribution in [0.4, 0.5) is 17.5 Å². The van der Waals surface area contributed by atoms with Crippen LogP contribution in [0.3, 0.4) is 0 Å². The summed E-state index contributed by atoms with van der Waals surface area (Å²) in [4.78, 5) is 8.04. The van der Waals surface area contributed by atoms with Crippen molar-refractivity contribution >= 4 is 64.5 Å². The maximum atomic E-state index is 13.5. The van der Waals surface area contributed by atoms with Gasteiger partial charge in [0.05, 0.1) is 14.3 Å². The molecule has 3 N–H and O–H groups in total. The molecular formula is C19H17BrN8O4S2. The largest absolute Gasteiger partial charge is 0.369 e. The summed E-state index contributed by atoms with van der Waals surface area (Å²) in [5.74, 6) is 0.666. The molecule has 2 aromatic heterocycles. The molecule has 5 rings (SSSR count). The number of nitrogens with zero attached hydrogens (tertiary/aromatic N) is 5. The smallest absolute Gasteiger partial charge is 0.285 e. The van der Waals surface area contributed by atoms with E-state index in [-0.39, 0.29) is 33.5 Å². The highest BCUT2D eigenvalue weighted by molar-refractivity contribution is 9.10. The number of sulfonamides is 1. The predicted octanol–water partition coefficient (Wildman–Crippen LogP) is 2.06. The molecule has 176 valence electrons. The molecule has 2 aromatic carbocycles. The molecule has 0 amide bonds. The maximum absolute atomic E-state index is 13.5. The minimum Gasteiger partial charge on any atom is -0.369 e. The van der Waals surface area contributed by atoms with Crippen LogP contribution in [0.2, 0.25) is 0 Å². The summed E-state index contributed by atoms with van der Waals surface area (Å²) in [7, 11) is -8.31. The predicted molar refractivity (Wildman–Crippen MR) is 128 cm³/mol. The normalized spacial score (nSPS) is 15.9. The van der Waals surface area contributed by atoms with Crippen molar-refractivity contribution in [3.63, 3.8) is 0 Å². The number of rotatable bonds is 2. The molecule has 0 unspecified atom stereocenters. The lowest BCUT2D eigenvalue weighted by Gasteiger charge is -2.13. The van der Waals surface area contributed by atoms with E-state index in [9.17, 15) is 16.8 Å². The van der Waals surface area contributed by atoms with Crippen LogP contribution in [-0.4, -0.2) is 54.3 Å². The van der Waals surface area contributed by atoms with Crippen LogP contribution in [-0.2, 0) is 20.0 Å². The summed E-state index contributed by atoms with van der Waals surface area (Å²) in [6.45, 7) is 0.590. The number of para-hydroxylation sites is 1. The van der Waals surface area contributed by atoms with Crippen molar-refractivity contribution in [2.45, 2.75) is 16.2 Å². The van der Waals surface area contributed by atoms with Crippen LogP contribution in [0.15, 0.2) is 62.9 Å². The second kappa shape index (κ2) is 8.57. The van der Waals surface area contributed by atoms with E-state index >= 15 is 0 Å². The summed E-state index contributed by atoms with van der Waals surface area (Å²) < 4.78 is 56.8. The number of anilines is 3. The Labute approximate surface area is 203 Å². The first-order valence-electron chi connectivity index (χ1n) is 9.98. The van der Waals surface area contributed by atoms with Crippen molar-refractivity contribution in [1.82, 2.24) is 29.1 Å². The van der Waals surface area contributed by atoms with Gasteiger partial charge < -0.3 is 10.6 Å². The lowest BCUT2D eigenvalue weighted by molar-refractivity contribution is 0.577. The Hall–Kier alpha value is -3.14.